The summed E-state index contributed by atoms with van der Waals surface area (Å²) in [6, 6.07) is 4.02. The largest absolute Gasteiger partial charge is 0.339 e. The average molecular weight is 268 g/mol. The number of anilines is 1. The molecule has 1 atom stereocenters. The molecule has 6 nitrogen and oxygen atoms in total. The van der Waals surface area contributed by atoms with Crippen molar-refractivity contribution in [3.63, 3.8) is 0 Å². The van der Waals surface area contributed by atoms with Crippen molar-refractivity contribution in [2.24, 2.45) is 0 Å². The molecule has 3 rings (SSSR count). The van der Waals surface area contributed by atoms with E-state index in [2.05, 4.69) is 32.2 Å². The van der Waals surface area contributed by atoms with Crippen LogP contribution in [-0.2, 0) is 0 Å². The molecule has 0 aliphatic carbocycles. The van der Waals surface area contributed by atoms with Crippen molar-refractivity contribution in [1.82, 2.24) is 19.7 Å². The van der Waals surface area contributed by atoms with Crippen molar-refractivity contribution in [3.05, 3.63) is 35.9 Å². The fraction of sp³-hybridized carbons (Fsp3) is 0.429. The molecule has 1 aliphatic heterocycles. The van der Waals surface area contributed by atoms with Gasteiger partial charge in [0.2, 0.25) is 5.95 Å². The molecule has 1 unspecified atom stereocenters. The van der Waals surface area contributed by atoms with E-state index in [1.807, 2.05) is 17.8 Å². The summed E-state index contributed by atoms with van der Waals surface area (Å²) in [6.07, 6.45) is 7.77. The van der Waals surface area contributed by atoms with Gasteiger partial charge in [-0.05, 0) is 31.4 Å². The van der Waals surface area contributed by atoms with Crippen LogP contribution in [0.2, 0.25) is 0 Å². The molecule has 0 amide bonds. The Bertz CT molecular complexity index is 641. The van der Waals surface area contributed by atoms with Crippen molar-refractivity contribution in [2.45, 2.75) is 25.8 Å². The zero-order chi connectivity index (χ0) is 13.9. The van der Waals surface area contributed by atoms with Crippen molar-refractivity contribution >= 4 is 5.95 Å². The van der Waals surface area contributed by atoms with Gasteiger partial charge >= 0.3 is 0 Å². The summed E-state index contributed by atoms with van der Waals surface area (Å²) >= 11 is 0. The van der Waals surface area contributed by atoms with Gasteiger partial charge in [-0.15, -0.1) is 0 Å². The standard InChI is InChI=1S/C14H16N6/c1-11-8-17-20(9-11)13-3-2-6-19(10-13)14-16-5-4-12(7-15)18-14/h4-5,8-9,13H,2-3,6,10H2,1H3. The number of aryl methyl sites for hydroxylation is 1. The first-order valence-corrected chi connectivity index (χ1v) is 6.75. The third-order valence-electron chi connectivity index (χ3n) is 3.54. The van der Waals surface area contributed by atoms with Gasteiger partial charge in [0, 0.05) is 25.5 Å². The highest BCUT2D eigenvalue weighted by molar-refractivity contribution is 5.34. The highest BCUT2D eigenvalue weighted by Gasteiger charge is 2.23. The lowest BCUT2D eigenvalue weighted by atomic mass is 10.1. The first-order valence-electron chi connectivity index (χ1n) is 6.75. The van der Waals surface area contributed by atoms with Crippen LogP contribution >= 0.6 is 0 Å². The smallest absolute Gasteiger partial charge is 0.226 e. The monoisotopic (exact) mass is 268 g/mol. The first kappa shape index (κ1) is 12.6. The lowest BCUT2D eigenvalue weighted by molar-refractivity contribution is 0.373. The molecule has 102 valence electrons. The van der Waals surface area contributed by atoms with Gasteiger partial charge in [0.25, 0.3) is 0 Å². The van der Waals surface area contributed by atoms with Crippen LogP contribution < -0.4 is 4.90 Å². The van der Waals surface area contributed by atoms with Gasteiger partial charge in [0.05, 0.1) is 12.2 Å². The Balaban J connectivity index is 1.79. The summed E-state index contributed by atoms with van der Waals surface area (Å²) in [5.74, 6) is 0.637. The quantitative estimate of drug-likeness (QED) is 0.829. The molecular weight excluding hydrogens is 252 g/mol. The Morgan fingerprint density at radius 2 is 2.35 bits per heavy atom. The van der Waals surface area contributed by atoms with Gasteiger partial charge in [-0.25, -0.2) is 9.97 Å². The summed E-state index contributed by atoms with van der Waals surface area (Å²) in [4.78, 5) is 10.7. The second-order valence-corrected chi connectivity index (χ2v) is 5.09. The molecule has 3 heterocycles. The van der Waals surface area contributed by atoms with E-state index < -0.39 is 0 Å². The van der Waals surface area contributed by atoms with E-state index >= 15 is 0 Å². The fourth-order valence-corrected chi connectivity index (χ4v) is 2.55. The minimum atomic E-state index is 0.340. The highest BCUT2D eigenvalue weighted by Crippen LogP contribution is 2.23. The van der Waals surface area contributed by atoms with E-state index in [0.29, 0.717) is 17.7 Å². The molecule has 1 fully saturated rings. The van der Waals surface area contributed by atoms with E-state index in [0.717, 1.165) is 25.9 Å². The number of rotatable bonds is 2. The van der Waals surface area contributed by atoms with Crippen LogP contribution in [0.4, 0.5) is 5.95 Å². The van der Waals surface area contributed by atoms with E-state index in [-0.39, 0.29) is 0 Å². The van der Waals surface area contributed by atoms with E-state index in [1.54, 1.807) is 12.3 Å². The Labute approximate surface area is 117 Å². The maximum absolute atomic E-state index is 8.92. The molecule has 0 bridgehead atoms. The molecule has 1 saturated heterocycles. The van der Waals surface area contributed by atoms with Crippen LogP contribution in [0, 0.1) is 18.3 Å². The number of aromatic nitrogens is 4. The van der Waals surface area contributed by atoms with Crippen LogP contribution in [0.1, 0.15) is 30.1 Å². The van der Waals surface area contributed by atoms with Crippen molar-refractivity contribution in [2.75, 3.05) is 18.0 Å². The van der Waals surface area contributed by atoms with Gasteiger partial charge < -0.3 is 4.90 Å². The second-order valence-electron chi connectivity index (χ2n) is 5.09. The summed E-state index contributed by atoms with van der Waals surface area (Å²) in [6.45, 7) is 3.80. The number of hydrogen-bond donors (Lipinski definition) is 0. The third kappa shape index (κ3) is 2.48. The van der Waals surface area contributed by atoms with Crippen LogP contribution in [0.25, 0.3) is 0 Å². The van der Waals surface area contributed by atoms with Gasteiger partial charge in [0.1, 0.15) is 11.8 Å². The normalized spacial score (nSPS) is 18.8. The topological polar surface area (TPSA) is 70.6 Å². The lowest BCUT2D eigenvalue weighted by Crippen LogP contribution is -2.37. The van der Waals surface area contributed by atoms with E-state index in [9.17, 15) is 0 Å². The maximum atomic E-state index is 8.92. The number of nitrogens with zero attached hydrogens (tertiary/aromatic N) is 6. The van der Waals surface area contributed by atoms with Crippen LogP contribution in [0.15, 0.2) is 24.7 Å². The summed E-state index contributed by atoms with van der Waals surface area (Å²) < 4.78 is 2.02. The molecule has 1 aliphatic rings. The molecule has 2 aromatic rings. The molecular formula is C14H16N6. The Kier molecular flexibility index (Phi) is 3.33. The lowest BCUT2D eigenvalue weighted by Gasteiger charge is -2.32. The molecule has 0 spiro atoms. The van der Waals surface area contributed by atoms with Crippen LogP contribution in [0.5, 0.6) is 0 Å². The minimum Gasteiger partial charge on any atom is -0.339 e. The molecule has 0 N–H and O–H groups in total. The SMILES string of the molecule is Cc1cnn(C2CCCN(c3nccc(C#N)n3)C2)c1. The van der Waals surface area contributed by atoms with E-state index in [4.69, 9.17) is 5.26 Å². The van der Waals surface area contributed by atoms with Gasteiger partial charge in [0.15, 0.2) is 0 Å². The number of nitriles is 1. The minimum absolute atomic E-state index is 0.340. The number of hydrogen-bond acceptors (Lipinski definition) is 5. The predicted octanol–water partition coefficient (Wildman–Crippen LogP) is 1.69. The summed E-state index contributed by atoms with van der Waals surface area (Å²) in [5, 5.41) is 13.3. The molecule has 0 aromatic carbocycles. The molecule has 20 heavy (non-hydrogen) atoms. The average Bonchev–Trinajstić information content (AvgIpc) is 2.94. The maximum Gasteiger partial charge on any atom is 0.226 e. The van der Waals surface area contributed by atoms with Crippen molar-refractivity contribution in [1.29, 1.82) is 5.26 Å². The van der Waals surface area contributed by atoms with Crippen LogP contribution in [-0.4, -0.2) is 32.8 Å². The fourth-order valence-electron chi connectivity index (χ4n) is 2.55. The third-order valence-corrected chi connectivity index (χ3v) is 3.54. The van der Waals surface area contributed by atoms with Crippen LogP contribution in [0.3, 0.4) is 0 Å². The van der Waals surface area contributed by atoms with Crippen molar-refractivity contribution in [3.8, 4) is 6.07 Å². The molecule has 2 aromatic heterocycles. The molecule has 0 saturated carbocycles. The van der Waals surface area contributed by atoms with Gasteiger partial charge in [-0.2, -0.15) is 10.4 Å². The summed E-state index contributed by atoms with van der Waals surface area (Å²) in [5.41, 5.74) is 1.58. The van der Waals surface area contributed by atoms with Gasteiger partial charge in [-0.3, -0.25) is 4.68 Å². The Morgan fingerprint density at radius 1 is 1.45 bits per heavy atom. The number of piperidine rings is 1. The highest BCUT2D eigenvalue weighted by atomic mass is 15.3. The summed E-state index contributed by atoms with van der Waals surface area (Å²) in [7, 11) is 0. The predicted molar refractivity (Wildman–Crippen MR) is 74.2 cm³/mol. The zero-order valence-corrected chi connectivity index (χ0v) is 11.4. The Morgan fingerprint density at radius 3 is 3.10 bits per heavy atom. The molecule has 6 heteroatoms. The first-order chi connectivity index (χ1) is 9.76. The van der Waals surface area contributed by atoms with E-state index in [1.165, 1.54) is 5.56 Å². The zero-order valence-electron chi connectivity index (χ0n) is 11.4. The van der Waals surface area contributed by atoms with Gasteiger partial charge in [-0.1, -0.05) is 0 Å². The van der Waals surface area contributed by atoms with Crippen molar-refractivity contribution < 1.29 is 0 Å². The second kappa shape index (κ2) is 5.29. The Hall–Kier alpha value is -2.42. The molecule has 0 radical (unpaired) electrons.